The molecule has 1 aliphatic heterocycles. The summed E-state index contributed by atoms with van der Waals surface area (Å²) in [5, 5.41) is 18.4. The zero-order valence-electron chi connectivity index (χ0n) is 20.8. The first-order valence-electron chi connectivity index (χ1n) is 12.2. The van der Waals surface area contributed by atoms with E-state index < -0.39 is 0 Å². The normalized spacial score (nSPS) is 16.2. The van der Waals surface area contributed by atoms with Crippen molar-refractivity contribution in [3.63, 3.8) is 0 Å². The molecule has 0 bridgehead atoms. The van der Waals surface area contributed by atoms with E-state index in [1.54, 1.807) is 36.6 Å². The maximum atomic E-state index is 6.39. The molecule has 0 radical (unpaired) electrons. The SMILES string of the molecule is COc1cc(C2CCCNC2)ccc1Nc1ncc(-c2ccc(Cl)c(O[C@@H](C)Cn3cnnn3)c2)cn1. The molecule has 5 rings (SSSR count). The molecule has 37 heavy (non-hydrogen) atoms. The Labute approximate surface area is 220 Å². The smallest absolute Gasteiger partial charge is 0.227 e. The van der Waals surface area contributed by atoms with Crippen LogP contribution < -0.4 is 20.1 Å². The average molecular weight is 521 g/mol. The van der Waals surface area contributed by atoms with Crippen LogP contribution in [-0.2, 0) is 6.54 Å². The van der Waals surface area contributed by atoms with Gasteiger partial charge >= 0.3 is 0 Å². The first-order valence-corrected chi connectivity index (χ1v) is 12.6. The molecule has 2 N–H and O–H groups in total. The van der Waals surface area contributed by atoms with Crippen LogP contribution in [0.5, 0.6) is 11.5 Å². The summed E-state index contributed by atoms with van der Waals surface area (Å²) in [6.07, 6.45) is 7.26. The summed E-state index contributed by atoms with van der Waals surface area (Å²) in [6.45, 7) is 4.52. The lowest BCUT2D eigenvalue weighted by Gasteiger charge is -2.24. The van der Waals surface area contributed by atoms with Crippen molar-refractivity contribution in [3.8, 4) is 22.6 Å². The second-order valence-corrected chi connectivity index (χ2v) is 9.44. The number of nitrogens with one attached hydrogen (secondary N) is 2. The number of ether oxygens (including phenoxy) is 2. The minimum atomic E-state index is -0.185. The molecule has 1 aliphatic rings. The first-order chi connectivity index (χ1) is 18.1. The van der Waals surface area contributed by atoms with E-state index >= 15 is 0 Å². The van der Waals surface area contributed by atoms with E-state index in [0.717, 1.165) is 35.7 Å². The van der Waals surface area contributed by atoms with Gasteiger partial charge in [-0.05, 0) is 78.0 Å². The Morgan fingerprint density at radius 1 is 1.14 bits per heavy atom. The molecule has 1 unspecified atom stereocenters. The third-order valence-electron chi connectivity index (χ3n) is 6.32. The van der Waals surface area contributed by atoms with Crippen molar-refractivity contribution >= 4 is 23.2 Å². The molecule has 10 nitrogen and oxygen atoms in total. The highest BCUT2D eigenvalue weighted by atomic mass is 35.5. The van der Waals surface area contributed by atoms with E-state index in [1.165, 1.54) is 18.4 Å². The predicted octanol–water partition coefficient (Wildman–Crippen LogP) is 4.47. The summed E-state index contributed by atoms with van der Waals surface area (Å²) < 4.78 is 13.3. The highest BCUT2D eigenvalue weighted by molar-refractivity contribution is 6.32. The Bertz CT molecular complexity index is 1310. The largest absolute Gasteiger partial charge is 0.495 e. The van der Waals surface area contributed by atoms with E-state index in [2.05, 4.69) is 48.3 Å². The Morgan fingerprint density at radius 2 is 2.00 bits per heavy atom. The van der Waals surface area contributed by atoms with Crippen molar-refractivity contribution in [2.75, 3.05) is 25.5 Å². The number of tetrazole rings is 1. The second-order valence-electron chi connectivity index (χ2n) is 9.03. The molecule has 1 saturated heterocycles. The van der Waals surface area contributed by atoms with Crippen LogP contribution >= 0.6 is 11.6 Å². The van der Waals surface area contributed by atoms with E-state index in [-0.39, 0.29) is 6.10 Å². The van der Waals surface area contributed by atoms with Gasteiger partial charge in [0.1, 0.15) is 23.9 Å². The van der Waals surface area contributed by atoms with Gasteiger partial charge in [0.15, 0.2) is 0 Å². The van der Waals surface area contributed by atoms with E-state index in [9.17, 15) is 0 Å². The maximum absolute atomic E-state index is 6.39. The van der Waals surface area contributed by atoms with Crippen LogP contribution in [0.15, 0.2) is 55.1 Å². The van der Waals surface area contributed by atoms with Crippen LogP contribution in [0, 0.1) is 0 Å². The minimum absolute atomic E-state index is 0.185. The number of halogens is 1. The molecule has 3 heterocycles. The van der Waals surface area contributed by atoms with Gasteiger partial charge in [-0.2, -0.15) is 0 Å². The lowest BCUT2D eigenvalue weighted by atomic mass is 9.91. The van der Waals surface area contributed by atoms with Gasteiger partial charge in [0.05, 0.1) is 24.4 Å². The monoisotopic (exact) mass is 520 g/mol. The summed E-state index contributed by atoms with van der Waals surface area (Å²) >= 11 is 6.39. The fraction of sp³-hybridized carbons (Fsp3) is 0.346. The van der Waals surface area contributed by atoms with Crippen molar-refractivity contribution in [1.29, 1.82) is 0 Å². The van der Waals surface area contributed by atoms with Crippen molar-refractivity contribution in [2.45, 2.75) is 38.3 Å². The molecule has 192 valence electrons. The van der Waals surface area contributed by atoms with Gasteiger partial charge in [0.25, 0.3) is 0 Å². The molecule has 0 amide bonds. The van der Waals surface area contributed by atoms with Crippen LogP contribution in [-0.4, -0.2) is 56.5 Å². The Morgan fingerprint density at radius 3 is 2.73 bits per heavy atom. The number of benzene rings is 2. The van der Waals surface area contributed by atoms with Gasteiger partial charge in [-0.3, -0.25) is 0 Å². The molecule has 2 aromatic carbocycles. The number of nitrogens with zero attached hydrogens (tertiary/aromatic N) is 6. The third-order valence-corrected chi connectivity index (χ3v) is 6.63. The number of rotatable bonds is 9. The topological polar surface area (TPSA) is 112 Å². The van der Waals surface area contributed by atoms with E-state index in [1.807, 2.05) is 25.1 Å². The highest BCUT2D eigenvalue weighted by Gasteiger charge is 2.17. The molecule has 4 aromatic rings. The molecule has 11 heteroatoms. The summed E-state index contributed by atoms with van der Waals surface area (Å²) in [5.74, 6) is 2.32. The lowest BCUT2D eigenvalue weighted by Crippen LogP contribution is -2.28. The summed E-state index contributed by atoms with van der Waals surface area (Å²) in [6, 6.07) is 11.9. The quantitative estimate of drug-likeness (QED) is 0.330. The van der Waals surface area contributed by atoms with Crippen LogP contribution in [0.1, 0.15) is 31.2 Å². The number of piperidine rings is 1. The number of hydrogen-bond donors (Lipinski definition) is 2. The third kappa shape index (κ3) is 6.15. The van der Waals surface area contributed by atoms with Crippen LogP contribution in [0.3, 0.4) is 0 Å². The second kappa shape index (κ2) is 11.5. The number of aromatic nitrogens is 6. The van der Waals surface area contributed by atoms with Gasteiger partial charge in [-0.25, -0.2) is 14.6 Å². The number of methoxy groups -OCH3 is 1. The standard InChI is InChI=1S/C26H29ClN8O2/c1-17(15-35-16-31-33-34-35)37-24-10-19(5-7-22(24)27)21-13-29-26(30-14-21)32-23-8-6-18(11-25(23)36-2)20-4-3-9-28-12-20/h5-8,10-11,13-14,16-17,20,28H,3-4,9,12,15H2,1-2H3,(H,29,30,32)/t17-,20?/m0/s1. The van der Waals surface area contributed by atoms with Crippen molar-refractivity contribution in [1.82, 2.24) is 35.5 Å². The van der Waals surface area contributed by atoms with Gasteiger partial charge in [0.2, 0.25) is 5.95 Å². The van der Waals surface area contributed by atoms with Gasteiger partial charge in [0, 0.05) is 24.5 Å². The fourth-order valence-corrected chi connectivity index (χ4v) is 4.58. The molecule has 0 spiro atoms. The molecule has 0 aliphatic carbocycles. The molecular formula is C26H29ClN8O2. The molecule has 2 atom stereocenters. The van der Waals surface area contributed by atoms with Gasteiger partial charge in [-0.15, -0.1) is 5.10 Å². The average Bonchev–Trinajstić information content (AvgIpc) is 3.44. The predicted molar refractivity (Wildman–Crippen MR) is 142 cm³/mol. The van der Waals surface area contributed by atoms with Crippen LogP contribution in [0.4, 0.5) is 11.6 Å². The zero-order chi connectivity index (χ0) is 25.6. The fourth-order valence-electron chi connectivity index (χ4n) is 4.42. The Kier molecular flexibility index (Phi) is 7.76. The maximum Gasteiger partial charge on any atom is 0.227 e. The summed E-state index contributed by atoms with van der Waals surface area (Å²) in [7, 11) is 1.68. The summed E-state index contributed by atoms with van der Waals surface area (Å²) in [4.78, 5) is 9.03. The van der Waals surface area contributed by atoms with Gasteiger partial charge < -0.3 is 20.1 Å². The molecule has 0 saturated carbocycles. The Hall–Kier alpha value is -3.76. The lowest BCUT2D eigenvalue weighted by molar-refractivity contribution is 0.193. The van der Waals surface area contributed by atoms with Crippen LogP contribution in [0.25, 0.3) is 11.1 Å². The first kappa shape index (κ1) is 24.9. The molecule has 1 fully saturated rings. The molecule has 2 aromatic heterocycles. The minimum Gasteiger partial charge on any atom is -0.495 e. The van der Waals surface area contributed by atoms with Crippen molar-refractivity contribution in [2.24, 2.45) is 0 Å². The number of anilines is 2. The van der Waals surface area contributed by atoms with E-state index in [0.29, 0.717) is 29.2 Å². The van der Waals surface area contributed by atoms with Crippen molar-refractivity contribution in [3.05, 3.63) is 65.7 Å². The highest BCUT2D eigenvalue weighted by Crippen LogP contribution is 2.34. The summed E-state index contributed by atoms with van der Waals surface area (Å²) in [5.41, 5.74) is 3.83. The van der Waals surface area contributed by atoms with Crippen molar-refractivity contribution < 1.29 is 9.47 Å². The zero-order valence-corrected chi connectivity index (χ0v) is 21.5. The van der Waals surface area contributed by atoms with Crippen LogP contribution in [0.2, 0.25) is 5.02 Å². The van der Waals surface area contributed by atoms with Gasteiger partial charge in [-0.1, -0.05) is 23.7 Å². The van der Waals surface area contributed by atoms with E-state index in [4.69, 9.17) is 21.1 Å². The Balaban J connectivity index is 1.27. The number of hydrogen-bond acceptors (Lipinski definition) is 9. The molecular weight excluding hydrogens is 492 g/mol.